The van der Waals surface area contributed by atoms with Crippen molar-refractivity contribution in [2.24, 2.45) is 5.92 Å². The van der Waals surface area contributed by atoms with E-state index in [4.69, 9.17) is 9.84 Å². The van der Waals surface area contributed by atoms with E-state index in [2.05, 4.69) is 0 Å². The average Bonchev–Trinajstić information content (AvgIpc) is 2.63. The van der Waals surface area contributed by atoms with Crippen molar-refractivity contribution in [3.05, 3.63) is 35.4 Å². The summed E-state index contributed by atoms with van der Waals surface area (Å²) in [6, 6.07) is 6.32. The normalized spacial score (nSPS) is 20.6. The summed E-state index contributed by atoms with van der Waals surface area (Å²) >= 11 is 0. The number of benzene rings is 1. The highest BCUT2D eigenvalue weighted by Gasteiger charge is 2.28. The molecule has 0 spiro atoms. The summed E-state index contributed by atoms with van der Waals surface area (Å²) in [5.74, 6) is -1.53. The minimum Gasteiger partial charge on any atom is -0.481 e. The van der Waals surface area contributed by atoms with Gasteiger partial charge in [-0.05, 0) is 11.1 Å². The van der Waals surface area contributed by atoms with Gasteiger partial charge in [0, 0.05) is 19.6 Å². The lowest BCUT2D eigenvalue weighted by Gasteiger charge is -2.21. The van der Waals surface area contributed by atoms with Crippen LogP contribution < -0.4 is 0 Å². The fraction of sp³-hybridized carbons (Fsp3) is 0.533. The standard InChI is InChI=1S/C15H18F3NO3/c16-15(17,18)7-11-2-1-3-12(6-11)8-19-4-5-22-10-13(9-19)14(20)21/h1-3,6,13H,4-5,7-10H2,(H,20,21). The molecule has 0 bridgehead atoms. The van der Waals surface area contributed by atoms with Gasteiger partial charge in [-0.25, -0.2) is 0 Å². The number of carbonyl (C=O) groups is 1. The van der Waals surface area contributed by atoms with E-state index in [0.717, 1.165) is 5.56 Å². The molecule has 22 heavy (non-hydrogen) atoms. The lowest BCUT2D eigenvalue weighted by Crippen LogP contribution is -2.33. The van der Waals surface area contributed by atoms with Crippen molar-refractivity contribution in [3.8, 4) is 0 Å². The van der Waals surface area contributed by atoms with E-state index >= 15 is 0 Å². The van der Waals surface area contributed by atoms with Crippen LogP contribution in [0.2, 0.25) is 0 Å². The number of rotatable bonds is 4. The van der Waals surface area contributed by atoms with Crippen molar-refractivity contribution in [1.82, 2.24) is 4.90 Å². The zero-order chi connectivity index (χ0) is 16.2. The number of hydrogen-bond donors (Lipinski definition) is 1. The number of carboxylic acids is 1. The number of ether oxygens (including phenoxy) is 1. The molecule has 1 saturated heterocycles. The van der Waals surface area contributed by atoms with E-state index in [-0.39, 0.29) is 12.2 Å². The molecule has 0 saturated carbocycles. The number of halogens is 3. The van der Waals surface area contributed by atoms with Crippen molar-refractivity contribution in [2.45, 2.75) is 19.1 Å². The summed E-state index contributed by atoms with van der Waals surface area (Å²) in [6.07, 6.45) is -5.19. The van der Waals surface area contributed by atoms with Crippen LogP contribution in [0.4, 0.5) is 13.2 Å². The maximum Gasteiger partial charge on any atom is 0.393 e. The molecule has 1 heterocycles. The fourth-order valence-corrected chi connectivity index (χ4v) is 2.50. The van der Waals surface area contributed by atoms with E-state index < -0.39 is 24.5 Å². The Labute approximate surface area is 126 Å². The van der Waals surface area contributed by atoms with Gasteiger partial charge < -0.3 is 9.84 Å². The Kier molecular flexibility index (Phi) is 5.42. The SMILES string of the molecule is O=C(O)C1COCCN(Cc2cccc(CC(F)(F)F)c2)C1. The number of carboxylic acid groups (broad SMARTS) is 1. The second-order valence-electron chi connectivity index (χ2n) is 5.46. The molecule has 1 fully saturated rings. The van der Waals surface area contributed by atoms with Gasteiger partial charge in [0.15, 0.2) is 0 Å². The predicted octanol–water partition coefficient (Wildman–Crippen LogP) is 2.32. The van der Waals surface area contributed by atoms with Crippen LogP contribution in [0.15, 0.2) is 24.3 Å². The Bertz CT molecular complexity index is 519. The largest absolute Gasteiger partial charge is 0.481 e. The van der Waals surface area contributed by atoms with Gasteiger partial charge in [0.1, 0.15) is 0 Å². The monoisotopic (exact) mass is 317 g/mol. The van der Waals surface area contributed by atoms with Gasteiger partial charge in [0.05, 0.1) is 25.6 Å². The predicted molar refractivity (Wildman–Crippen MR) is 73.4 cm³/mol. The maximum atomic E-state index is 12.4. The molecule has 1 aromatic carbocycles. The Hall–Kier alpha value is -1.60. The molecule has 4 nitrogen and oxygen atoms in total. The minimum atomic E-state index is -4.23. The molecule has 1 atom stereocenters. The second-order valence-corrected chi connectivity index (χ2v) is 5.46. The molecule has 0 radical (unpaired) electrons. The van der Waals surface area contributed by atoms with Crippen LogP contribution in [-0.2, 0) is 22.5 Å². The third-order valence-electron chi connectivity index (χ3n) is 3.50. The maximum absolute atomic E-state index is 12.4. The van der Waals surface area contributed by atoms with Crippen molar-refractivity contribution in [2.75, 3.05) is 26.3 Å². The van der Waals surface area contributed by atoms with Crippen LogP contribution in [0.3, 0.4) is 0 Å². The number of alkyl halides is 3. The second kappa shape index (κ2) is 7.11. The van der Waals surface area contributed by atoms with Gasteiger partial charge in [-0.3, -0.25) is 9.69 Å². The molecule has 122 valence electrons. The van der Waals surface area contributed by atoms with Gasteiger partial charge in [-0.1, -0.05) is 24.3 Å². The van der Waals surface area contributed by atoms with Crippen LogP contribution in [-0.4, -0.2) is 48.5 Å². The highest BCUT2D eigenvalue weighted by molar-refractivity contribution is 5.70. The molecule has 1 aromatic rings. The number of nitrogens with zero attached hydrogens (tertiary/aromatic N) is 1. The molecule has 2 rings (SSSR count). The van der Waals surface area contributed by atoms with Crippen LogP contribution in [0.1, 0.15) is 11.1 Å². The Morgan fingerprint density at radius 1 is 1.36 bits per heavy atom. The zero-order valence-electron chi connectivity index (χ0n) is 12.0. The quantitative estimate of drug-likeness (QED) is 0.926. The first-order valence-corrected chi connectivity index (χ1v) is 7.01. The summed E-state index contributed by atoms with van der Waals surface area (Å²) in [5.41, 5.74) is 0.957. The van der Waals surface area contributed by atoms with Crippen molar-refractivity contribution in [1.29, 1.82) is 0 Å². The molecule has 1 aliphatic heterocycles. The number of aliphatic carboxylic acids is 1. The highest BCUT2D eigenvalue weighted by Crippen LogP contribution is 2.22. The van der Waals surface area contributed by atoms with E-state index in [1.807, 2.05) is 4.90 Å². The molecule has 0 aromatic heterocycles. The van der Waals surface area contributed by atoms with Gasteiger partial charge in [0.2, 0.25) is 0 Å². The average molecular weight is 317 g/mol. The lowest BCUT2D eigenvalue weighted by atomic mass is 10.1. The summed E-state index contributed by atoms with van der Waals surface area (Å²) in [7, 11) is 0. The lowest BCUT2D eigenvalue weighted by molar-refractivity contribution is -0.143. The van der Waals surface area contributed by atoms with Crippen LogP contribution >= 0.6 is 0 Å². The van der Waals surface area contributed by atoms with Gasteiger partial charge in [0.25, 0.3) is 0 Å². The van der Waals surface area contributed by atoms with Gasteiger partial charge in [-0.15, -0.1) is 0 Å². The van der Waals surface area contributed by atoms with Crippen LogP contribution in [0, 0.1) is 5.92 Å². The van der Waals surface area contributed by atoms with Gasteiger partial charge >= 0.3 is 12.1 Å². The highest BCUT2D eigenvalue weighted by atomic mass is 19.4. The molecule has 0 amide bonds. The summed E-state index contributed by atoms with van der Waals surface area (Å²) in [6.45, 7) is 1.90. The van der Waals surface area contributed by atoms with Crippen molar-refractivity contribution in [3.63, 3.8) is 0 Å². The van der Waals surface area contributed by atoms with E-state index in [0.29, 0.717) is 26.2 Å². The smallest absolute Gasteiger partial charge is 0.393 e. The molecular weight excluding hydrogens is 299 g/mol. The van der Waals surface area contributed by atoms with E-state index in [1.165, 1.54) is 12.1 Å². The molecule has 7 heteroatoms. The summed E-state index contributed by atoms with van der Waals surface area (Å²) < 4.78 is 42.6. The van der Waals surface area contributed by atoms with Crippen molar-refractivity contribution < 1.29 is 27.8 Å². The molecule has 1 N–H and O–H groups in total. The minimum absolute atomic E-state index is 0.167. The van der Waals surface area contributed by atoms with E-state index in [1.54, 1.807) is 12.1 Å². The Morgan fingerprint density at radius 2 is 2.09 bits per heavy atom. The third-order valence-corrected chi connectivity index (χ3v) is 3.50. The summed E-state index contributed by atoms with van der Waals surface area (Å²) in [4.78, 5) is 13.0. The third kappa shape index (κ3) is 5.31. The number of hydrogen-bond acceptors (Lipinski definition) is 3. The molecular formula is C15H18F3NO3. The van der Waals surface area contributed by atoms with E-state index in [9.17, 15) is 18.0 Å². The first-order chi connectivity index (χ1) is 10.3. The molecule has 0 aliphatic carbocycles. The fourth-order valence-electron chi connectivity index (χ4n) is 2.50. The molecule has 1 unspecified atom stereocenters. The van der Waals surface area contributed by atoms with Crippen LogP contribution in [0.25, 0.3) is 0 Å². The Morgan fingerprint density at radius 3 is 2.77 bits per heavy atom. The topological polar surface area (TPSA) is 49.8 Å². The Balaban J connectivity index is 2.03. The van der Waals surface area contributed by atoms with Crippen molar-refractivity contribution >= 4 is 5.97 Å². The first-order valence-electron chi connectivity index (χ1n) is 7.01. The van der Waals surface area contributed by atoms with Crippen LogP contribution in [0.5, 0.6) is 0 Å². The summed E-state index contributed by atoms with van der Waals surface area (Å²) in [5, 5.41) is 9.09. The van der Waals surface area contributed by atoms with Gasteiger partial charge in [-0.2, -0.15) is 13.2 Å². The molecule has 1 aliphatic rings. The first kappa shape index (κ1) is 16.8. The zero-order valence-corrected chi connectivity index (χ0v) is 12.0.